The summed E-state index contributed by atoms with van der Waals surface area (Å²) in [6, 6.07) is 7.43. The molecule has 0 amide bonds. The third-order valence-electron chi connectivity index (χ3n) is 4.28. The molecule has 3 heterocycles. The Kier molecular flexibility index (Phi) is 3.42. The van der Waals surface area contributed by atoms with E-state index in [1.807, 2.05) is 6.20 Å². The van der Waals surface area contributed by atoms with Crippen molar-refractivity contribution in [3.8, 4) is 0 Å². The quantitative estimate of drug-likeness (QED) is 0.917. The summed E-state index contributed by atoms with van der Waals surface area (Å²) in [6.07, 6.45) is 7.79. The van der Waals surface area contributed by atoms with E-state index in [1.54, 1.807) is 0 Å². The number of fused-ring (bicyclic) bond motifs is 1. The lowest BCUT2D eigenvalue weighted by atomic mass is 9.96. The van der Waals surface area contributed by atoms with Crippen LogP contribution in [-0.4, -0.2) is 35.1 Å². The Morgan fingerprint density at radius 1 is 1.37 bits per heavy atom. The number of nitrogens with zero attached hydrogens (tertiary/aromatic N) is 3. The number of aromatic nitrogens is 2. The lowest BCUT2D eigenvalue weighted by molar-refractivity contribution is 0.379. The molecule has 0 saturated carbocycles. The fraction of sp³-hybridized carbons (Fsp3) is 0.533. The third kappa shape index (κ3) is 2.21. The van der Waals surface area contributed by atoms with Crippen molar-refractivity contribution in [3.05, 3.63) is 30.6 Å². The summed E-state index contributed by atoms with van der Waals surface area (Å²) in [4.78, 5) is 6.93. The number of hydrogen-bond donors (Lipinski definition) is 1. The maximum atomic E-state index is 4.38. The zero-order valence-electron chi connectivity index (χ0n) is 11.7. The molecule has 0 radical (unpaired) electrons. The van der Waals surface area contributed by atoms with E-state index in [9.17, 15) is 0 Å². The summed E-state index contributed by atoms with van der Waals surface area (Å²) in [5.41, 5.74) is 1.03. The van der Waals surface area contributed by atoms with Gasteiger partial charge >= 0.3 is 0 Å². The van der Waals surface area contributed by atoms with Gasteiger partial charge in [0.05, 0.1) is 0 Å². The summed E-state index contributed by atoms with van der Waals surface area (Å²) in [6.45, 7) is 3.41. The normalized spacial score (nSPS) is 21.8. The number of nitrogens with one attached hydrogen (secondary N) is 1. The van der Waals surface area contributed by atoms with Crippen LogP contribution in [0.1, 0.15) is 26.2 Å². The molecule has 1 aliphatic heterocycles. The van der Waals surface area contributed by atoms with Crippen LogP contribution in [0.25, 0.3) is 5.65 Å². The highest BCUT2D eigenvalue weighted by Gasteiger charge is 2.27. The monoisotopic (exact) mass is 258 g/mol. The lowest BCUT2D eigenvalue weighted by Gasteiger charge is -2.40. The van der Waals surface area contributed by atoms with Gasteiger partial charge in [-0.25, -0.2) is 4.98 Å². The summed E-state index contributed by atoms with van der Waals surface area (Å²) < 4.78 is 2.20. The molecule has 4 heteroatoms. The van der Waals surface area contributed by atoms with Gasteiger partial charge in [0.2, 0.25) is 0 Å². The van der Waals surface area contributed by atoms with Gasteiger partial charge in [0.25, 0.3) is 0 Å². The van der Waals surface area contributed by atoms with E-state index >= 15 is 0 Å². The largest absolute Gasteiger partial charge is 0.353 e. The van der Waals surface area contributed by atoms with Crippen molar-refractivity contribution < 1.29 is 0 Å². The zero-order chi connectivity index (χ0) is 13.2. The van der Waals surface area contributed by atoms with E-state index in [0.717, 1.165) is 12.2 Å². The number of anilines is 1. The van der Waals surface area contributed by atoms with Crippen molar-refractivity contribution in [1.82, 2.24) is 14.7 Å². The molecule has 0 bridgehead atoms. The molecule has 4 nitrogen and oxygen atoms in total. The van der Waals surface area contributed by atoms with Gasteiger partial charge in [0, 0.05) is 31.0 Å². The minimum Gasteiger partial charge on any atom is -0.353 e. The molecule has 0 aromatic carbocycles. The molecule has 1 fully saturated rings. The molecule has 2 aromatic rings. The molecular weight excluding hydrogens is 236 g/mol. The number of piperidine rings is 1. The summed E-state index contributed by atoms with van der Waals surface area (Å²) in [5.74, 6) is 1.27. The maximum Gasteiger partial charge on any atom is 0.138 e. The van der Waals surface area contributed by atoms with E-state index in [1.165, 1.54) is 25.1 Å². The Morgan fingerprint density at radius 2 is 2.26 bits per heavy atom. The van der Waals surface area contributed by atoms with Crippen LogP contribution in [0.3, 0.4) is 0 Å². The summed E-state index contributed by atoms with van der Waals surface area (Å²) in [7, 11) is 2.05. The topological polar surface area (TPSA) is 32.6 Å². The van der Waals surface area contributed by atoms with Gasteiger partial charge < -0.3 is 10.2 Å². The number of pyridine rings is 1. The van der Waals surface area contributed by atoms with Gasteiger partial charge in [-0.1, -0.05) is 6.07 Å². The van der Waals surface area contributed by atoms with Crippen molar-refractivity contribution in [2.24, 2.45) is 0 Å². The van der Waals surface area contributed by atoms with E-state index in [0.29, 0.717) is 12.1 Å². The van der Waals surface area contributed by atoms with Crippen LogP contribution < -0.4 is 10.2 Å². The minimum atomic E-state index is 0.499. The highest BCUT2D eigenvalue weighted by Crippen LogP contribution is 2.27. The number of imidazole rings is 1. The van der Waals surface area contributed by atoms with Gasteiger partial charge in [-0.3, -0.25) is 4.40 Å². The third-order valence-corrected chi connectivity index (χ3v) is 4.28. The highest BCUT2D eigenvalue weighted by atomic mass is 15.3. The fourth-order valence-corrected chi connectivity index (χ4v) is 3.12. The Hall–Kier alpha value is -1.55. The second-order valence-corrected chi connectivity index (χ2v) is 5.37. The fourth-order valence-electron chi connectivity index (χ4n) is 3.12. The maximum absolute atomic E-state index is 4.38. The van der Waals surface area contributed by atoms with Gasteiger partial charge in [0.1, 0.15) is 11.5 Å². The SMILES string of the molecule is CNC(C)C1CCCCN1c1cccc2nccn12. The van der Waals surface area contributed by atoms with Crippen molar-refractivity contribution in [1.29, 1.82) is 0 Å². The summed E-state index contributed by atoms with van der Waals surface area (Å²) >= 11 is 0. The molecule has 2 atom stereocenters. The predicted molar refractivity (Wildman–Crippen MR) is 78.7 cm³/mol. The Labute approximate surface area is 114 Å². The van der Waals surface area contributed by atoms with Gasteiger partial charge in [0.15, 0.2) is 0 Å². The molecule has 1 aliphatic rings. The average molecular weight is 258 g/mol. The molecule has 102 valence electrons. The predicted octanol–water partition coefficient (Wildman–Crippen LogP) is 2.30. The van der Waals surface area contributed by atoms with E-state index < -0.39 is 0 Å². The van der Waals surface area contributed by atoms with Crippen LogP contribution in [0.2, 0.25) is 0 Å². The zero-order valence-corrected chi connectivity index (χ0v) is 11.7. The lowest BCUT2D eigenvalue weighted by Crippen LogP contribution is -2.50. The molecule has 3 rings (SSSR count). The Bertz CT molecular complexity index is 548. The smallest absolute Gasteiger partial charge is 0.138 e. The van der Waals surface area contributed by atoms with E-state index in [-0.39, 0.29) is 0 Å². The minimum absolute atomic E-state index is 0.499. The number of rotatable bonds is 3. The van der Waals surface area contributed by atoms with Gasteiger partial charge in [-0.05, 0) is 45.4 Å². The van der Waals surface area contributed by atoms with Crippen LogP contribution in [0.15, 0.2) is 30.6 Å². The highest BCUT2D eigenvalue weighted by molar-refractivity contribution is 5.52. The van der Waals surface area contributed by atoms with Crippen molar-refractivity contribution in [2.45, 2.75) is 38.3 Å². The first kappa shape index (κ1) is 12.5. The second-order valence-electron chi connectivity index (χ2n) is 5.37. The molecule has 0 aliphatic carbocycles. The Balaban J connectivity index is 2.00. The molecule has 19 heavy (non-hydrogen) atoms. The van der Waals surface area contributed by atoms with Crippen molar-refractivity contribution in [2.75, 3.05) is 18.5 Å². The van der Waals surface area contributed by atoms with Crippen LogP contribution in [0.4, 0.5) is 5.82 Å². The van der Waals surface area contributed by atoms with Crippen LogP contribution in [0.5, 0.6) is 0 Å². The molecule has 1 saturated heterocycles. The Morgan fingerprint density at radius 3 is 3.11 bits per heavy atom. The van der Waals surface area contributed by atoms with Gasteiger partial charge in [-0.15, -0.1) is 0 Å². The van der Waals surface area contributed by atoms with Crippen LogP contribution in [-0.2, 0) is 0 Å². The number of likely N-dealkylation sites (N-methyl/N-ethyl adjacent to an activating group) is 1. The molecular formula is C15H22N4. The molecule has 2 aromatic heterocycles. The van der Waals surface area contributed by atoms with E-state index in [2.05, 4.69) is 58.0 Å². The van der Waals surface area contributed by atoms with Crippen molar-refractivity contribution in [3.63, 3.8) is 0 Å². The van der Waals surface area contributed by atoms with Gasteiger partial charge in [-0.2, -0.15) is 0 Å². The molecule has 2 unspecified atom stereocenters. The molecule has 0 spiro atoms. The van der Waals surface area contributed by atoms with Crippen LogP contribution >= 0.6 is 0 Å². The first-order valence-corrected chi connectivity index (χ1v) is 7.17. The first-order chi connectivity index (χ1) is 9.31. The van der Waals surface area contributed by atoms with Crippen LogP contribution in [0, 0.1) is 0 Å². The van der Waals surface area contributed by atoms with E-state index in [4.69, 9.17) is 0 Å². The average Bonchev–Trinajstić information content (AvgIpc) is 2.94. The number of hydrogen-bond acceptors (Lipinski definition) is 3. The second kappa shape index (κ2) is 5.21. The van der Waals surface area contributed by atoms with Crippen molar-refractivity contribution >= 4 is 11.5 Å². The molecule has 1 N–H and O–H groups in total. The first-order valence-electron chi connectivity index (χ1n) is 7.17. The summed E-state index contributed by atoms with van der Waals surface area (Å²) in [5, 5.41) is 3.41. The standard InChI is InChI=1S/C15H22N4/c1-12(16-2)13-6-3-4-10-18(13)15-8-5-7-14-17-9-11-19(14)15/h5,7-9,11-13,16H,3-4,6,10H2,1-2H3.